The molecule has 0 bridgehead atoms. The number of aliphatic hydroxyl groups is 1. The zero-order valence-electron chi connectivity index (χ0n) is 19.7. The minimum atomic E-state index is -1.34. The second kappa shape index (κ2) is 9.70. The zero-order valence-corrected chi connectivity index (χ0v) is 19.7. The summed E-state index contributed by atoms with van der Waals surface area (Å²) in [7, 11) is 0. The summed E-state index contributed by atoms with van der Waals surface area (Å²) in [5, 5.41) is 25.3. The summed E-state index contributed by atoms with van der Waals surface area (Å²) < 4.78 is 13.3. The largest absolute Gasteiger partial charge is 0.381 e. The van der Waals surface area contributed by atoms with E-state index < -0.39 is 5.60 Å². The van der Waals surface area contributed by atoms with Crippen LogP contribution in [0.5, 0.6) is 0 Å². The first kappa shape index (κ1) is 23.4. The predicted octanol–water partition coefficient (Wildman–Crippen LogP) is 2.77. The van der Waals surface area contributed by atoms with Crippen LogP contribution in [0.2, 0.25) is 0 Å². The normalized spacial score (nSPS) is 16.1. The molecule has 0 saturated carbocycles. The quantitative estimate of drug-likeness (QED) is 0.244. The summed E-state index contributed by atoms with van der Waals surface area (Å²) in [6.07, 6.45) is 9.74. The van der Waals surface area contributed by atoms with Crippen LogP contribution in [-0.4, -0.2) is 73.5 Å². The molecular formula is C25H26FN9O. The van der Waals surface area contributed by atoms with Gasteiger partial charge in [0.05, 0.1) is 11.9 Å². The Hall–Kier alpha value is -4.38. The highest BCUT2D eigenvalue weighted by Crippen LogP contribution is 2.29. The topological polar surface area (TPSA) is 133 Å². The van der Waals surface area contributed by atoms with Gasteiger partial charge in [0, 0.05) is 67.7 Å². The van der Waals surface area contributed by atoms with E-state index in [1.807, 2.05) is 18.5 Å². The molecule has 36 heavy (non-hydrogen) atoms. The third-order valence-corrected chi connectivity index (χ3v) is 6.41. The fraction of sp³-hybridized carbons (Fsp3) is 0.240. The number of amidine groups is 1. The number of hydrogen-bond donors (Lipinski definition) is 4. The Kier molecular flexibility index (Phi) is 6.30. The van der Waals surface area contributed by atoms with Gasteiger partial charge in [-0.05, 0) is 30.7 Å². The Morgan fingerprint density at radius 2 is 1.78 bits per heavy atom. The third kappa shape index (κ3) is 4.60. The number of piperazine rings is 1. The molecule has 5 rings (SSSR count). The average Bonchev–Trinajstić information content (AvgIpc) is 3.60. The number of rotatable bonds is 6. The Labute approximate surface area is 207 Å². The molecule has 184 valence electrons. The van der Waals surface area contributed by atoms with Gasteiger partial charge in [0.25, 0.3) is 0 Å². The second-order valence-electron chi connectivity index (χ2n) is 8.70. The fourth-order valence-corrected chi connectivity index (χ4v) is 4.28. The Bertz CT molecular complexity index is 1340. The first-order valence-electron chi connectivity index (χ1n) is 11.5. The number of hydrogen-bond acceptors (Lipinski definition) is 6. The van der Waals surface area contributed by atoms with Gasteiger partial charge in [-0.1, -0.05) is 12.1 Å². The van der Waals surface area contributed by atoms with E-state index >= 15 is 0 Å². The van der Waals surface area contributed by atoms with E-state index in [1.165, 1.54) is 12.1 Å². The molecule has 4 N–H and O–H groups in total. The number of halogens is 1. The number of benzene rings is 1. The van der Waals surface area contributed by atoms with E-state index in [2.05, 4.69) is 39.9 Å². The Morgan fingerprint density at radius 1 is 1.06 bits per heavy atom. The number of aromatic nitrogens is 5. The van der Waals surface area contributed by atoms with E-state index in [-0.39, 0.29) is 5.82 Å². The van der Waals surface area contributed by atoms with Crippen molar-refractivity contribution < 1.29 is 9.50 Å². The van der Waals surface area contributed by atoms with Gasteiger partial charge >= 0.3 is 0 Å². The molecule has 1 atom stereocenters. The van der Waals surface area contributed by atoms with Crippen LogP contribution in [0, 0.1) is 11.2 Å². The summed E-state index contributed by atoms with van der Waals surface area (Å²) in [4.78, 5) is 20.7. The molecular weight excluding hydrogens is 461 g/mol. The molecule has 0 amide bonds. The molecule has 1 saturated heterocycles. The van der Waals surface area contributed by atoms with Crippen molar-refractivity contribution in [3.63, 3.8) is 0 Å². The van der Waals surface area contributed by atoms with E-state index in [4.69, 9.17) is 5.41 Å². The highest BCUT2D eigenvalue weighted by atomic mass is 19.1. The van der Waals surface area contributed by atoms with Crippen LogP contribution < -0.4 is 4.90 Å². The molecule has 1 aromatic carbocycles. The predicted molar refractivity (Wildman–Crippen MR) is 135 cm³/mol. The molecule has 3 aromatic heterocycles. The summed E-state index contributed by atoms with van der Waals surface area (Å²) in [6, 6.07) is 7.74. The monoisotopic (exact) mass is 487 g/mol. The van der Waals surface area contributed by atoms with Crippen molar-refractivity contribution in [1.29, 1.82) is 5.41 Å². The van der Waals surface area contributed by atoms with Gasteiger partial charge in [-0.15, -0.1) is 0 Å². The Balaban J connectivity index is 1.26. The van der Waals surface area contributed by atoms with E-state index in [0.717, 1.165) is 23.2 Å². The molecule has 11 heteroatoms. The molecule has 10 nitrogen and oxygen atoms in total. The maximum atomic E-state index is 13.3. The summed E-state index contributed by atoms with van der Waals surface area (Å²) in [5.74, 6) is 0.913. The molecule has 4 heterocycles. The molecule has 4 aromatic rings. The van der Waals surface area contributed by atoms with Crippen LogP contribution in [0.3, 0.4) is 0 Å². The smallest absolute Gasteiger partial charge is 0.225 e. The van der Waals surface area contributed by atoms with Crippen molar-refractivity contribution in [3.8, 4) is 11.1 Å². The number of H-pyrrole nitrogens is 2. The molecule has 0 aliphatic carbocycles. The van der Waals surface area contributed by atoms with Crippen molar-refractivity contribution in [3.05, 3.63) is 84.0 Å². The minimum Gasteiger partial charge on any atom is -0.381 e. The lowest BCUT2D eigenvalue weighted by Crippen LogP contribution is -2.49. The summed E-state index contributed by atoms with van der Waals surface area (Å²) in [6.45, 7) is 4.32. The van der Waals surface area contributed by atoms with Gasteiger partial charge in [-0.25, -0.2) is 19.4 Å². The van der Waals surface area contributed by atoms with Gasteiger partial charge in [0.1, 0.15) is 17.8 Å². The number of nitrogens with one attached hydrogen (secondary N) is 3. The van der Waals surface area contributed by atoms with Gasteiger partial charge in [-0.2, -0.15) is 5.10 Å². The lowest BCUT2D eigenvalue weighted by molar-refractivity contribution is 0.101. The van der Waals surface area contributed by atoms with Gasteiger partial charge in [-0.3, -0.25) is 10.5 Å². The maximum absolute atomic E-state index is 13.3. The molecule has 0 spiro atoms. The van der Waals surface area contributed by atoms with Gasteiger partial charge < -0.3 is 19.9 Å². The van der Waals surface area contributed by atoms with Crippen molar-refractivity contribution in [2.24, 2.45) is 4.99 Å². The van der Waals surface area contributed by atoms with Crippen molar-refractivity contribution in [2.75, 3.05) is 31.1 Å². The highest BCUT2D eigenvalue weighted by Gasteiger charge is 2.28. The fourth-order valence-electron chi connectivity index (χ4n) is 4.28. The molecule has 1 fully saturated rings. The first-order valence-corrected chi connectivity index (χ1v) is 11.5. The lowest BCUT2D eigenvalue weighted by atomic mass is 9.90. The Morgan fingerprint density at radius 3 is 2.42 bits per heavy atom. The molecule has 1 aliphatic heterocycles. The van der Waals surface area contributed by atoms with E-state index in [9.17, 15) is 9.50 Å². The van der Waals surface area contributed by atoms with Crippen LogP contribution >= 0.6 is 0 Å². The number of anilines is 1. The van der Waals surface area contributed by atoms with Crippen LogP contribution in [0.15, 0.2) is 66.3 Å². The zero-order chi connectivity index (χ0) is 25.1. The van der Waals surface area contributed by atoms with Crippen LogP contribution in [0.4, 0.5) is 10.3 Å². The number of nitrogens with zero attached hydrogens (tertiary/aromatic N) is 6. The van der Waals surface area contributed by atoms with Crippen LogP contribution in [0.1, 0.15) is 23.7 Å². The molecule has 0 radical (unpaired) electrons. The van der Waals surface area contributed by atoms with Crippen molar-refractivity contribution >= 4 is 18.1 Å². The molecule has 1 aliphatic rings. The summed E-state index contributed by atoms with van der Waals surface area (Å²) in [5.41, 5.74) is 2.53. The van der Waals surface area contributed by atoms with E-state index in [1.54, 1.807) is 37.6 Å². The standard InChI is InChI=1S/C25H26FN9O/c1-25(36,19-2-4-21(26)5-3-19)20-14-29-24(30-15-20)35-8-6-34(7-9-35)23(31-16-27)22-10-17(11-28-22)18-12-32-33-13-18/h2-5,10-16,27-28,36H,6-9H2,1H3,(H,32,33)/t25-/m0/s1. The molecule has 0 unspecified atom stereocenters. The summed E-state index contributed by atoms with van der Waals surface area (Å²) >= 11 is 0. The average molecular weight is 488 g/mol. The second-order valence-corrected chi connectivity index (χ2v) is 8.70. The minimum absolute atomic E-state index is 0.358. The number of aromatic amines is 2. The van der Waals surface area contributed by atoms with Crippen molar-refractivity contribution in [1.82, 2.24) is 30.0 Å². The first-order chi connectivity index (χ1) is 17.5. The van der Waals surface area contributed by atoms with Crippen LogP contribution in [0.25, 0.3) is 11.1 Å². The van der Waals surface area contributed by atoms with E-state index in [0.29, 0.717) is 49.1 Å². The maximum Gasteiger partial charge on any atom is 0.225 e. The highest BCUT2D eigenvalue weighted by molar-refractivity contribution is 6.01. The van der Waals surface area contributed by atoms with Crippen molar-refractivity contribution in [2.45, 2.75) is 12.5 Å². The lowest BCUT2D eigenvalue weighted by Gasteiger charge is -2.36. The third-order valence-electron chi connectivity index (χ3n) is 6.41. The van der Waals surface area contributed by atoms with Gasteiger partial charge in [0.15, 0.2) is 5.84 Å². The van der Waals surface area contributed by atoms with Crippen LogP contribution in [-0.2, 0) is 5.60 Å². The van der Waals surface area contributed by atoms with Gasteiger partial charge in [0.2, 0.25) is 5.95 Å². The SMILES string of the molecule is C[C@](O)(c1ccc(F)cc1)c1cnc(N2CCN(C(=NC=N)c3cc(-c4cn[nH]c4)c[nH]3)CC2)nc1. The number of aliphatic imine (C=N–C) groups is 1.